The van der Waals surface area contributed by atoms with Crippen molar-refractivity contribution in [3.63, 3.8) is 0 Å². The van der Waals surface area contributed by atoms with Gasteiger partial charge in [-0.25, -0.2) is 9.37 Å². The number of nitrogens with zero attached hydrogens (tertiary/aromatic N) is 4. The van der Waals surface area contributed by atoms with E-state index in [1.165, 1.54) is 12.1 Å². The summed E-state index contributed by atoms with van der Waals surface area (Å²) in [5.41, 5.74) is 1.09. The van der Waals surface area contributed by atoms with Crippen LogP contribution in [0, 0.1) is 5.82 Å². The van der Waals surface area contributed by atoms with Gasteiger partial charge in [0.15, 0.2) is 5.96 Å². The van der Waals surface area contributed by atoms with Crippen molar-refractivity contribution in [2.75, 3.05) is 51.2 Å². The molecule has 1 atom stereocenters. The van der Waals surface area contributed by atoms with Crippen LogP contribution in [0.5, 0.6) is 5.75 Å². The van der Waals surface area contributed by atoms with Crippen molar-refractivity contribution < 1.29 is 9.13 Å². The molecule has 0 saturated carbocycles. The van der Waals surface area contributed by atoms with E-state index in [1.807, 2.05) is 13.1 Å². The zero-order valence-electron chi connectivity index (χ0n) is 18.6. The molecule has 7 nitrogen and oxygen atoms in total. The first-order chi connectivity index (χ1) is 15.1. The Hall–Kier alpha value is -2.87. The van der Waals surface area contributed by atoms with Gasteiger partial charge in [-0.15, -0.1) is 0 Å². The molecule has 1 aliphatic heterocycles. The molecule has 1 aromatic heterocycles. The Morgan fingerprint density at radius 3 is 2.48 bits per heavy atom. The molecule has 0 bridgehead atoms. The minimum atomic E-state index is -0.274. The highest BCUT2D eigenvalue weighted by atomic mass is 19.1. The van der Waals surface area contributed by atoms with Gasteiger partial charge in [0.05, 0.1) is 6.54 Å². The molecule has 2 aromatic rings. The number of nitrogens with one attached hydrogen (secondary N) is 2. The second-order valence-corrected chi connectivity index (χ2v) is 7.64. The summed E-state index contributed by atoms with van der Waals surface area (Å²) >= 11 is 0. The first-order valence-electron chi connectivity index (χ1n) is 10.9. The molecule has 2 heterocycles. The molecule has 31 heavy (non-hydrogen) atoms. The Kier molecular flexibility index (Phi) is 8.46. The molecule has 1 saturated heterocycles. The van der Waals surface area contributed by atoms with Crippen molar-refractivity contribution >= 4 is 11.8 Å². The van der Waals surface area contributed by atoms with E-state index in [1.54, 1.807) is 19.2 Å². The number of rotatable bonds is 8. The Morgan fingerprint density at radius 1 is 1.13 bits per heavy atom. The number of aliphatic imine (C=N–C) groups is 1. The number of likely N-dealkylation sites (N-methyl/N-ethyl adjacent to an activating group) is 1. The van der Waals surface area contributed by atoms with Crippen molar-refractivity contribution in [1.82, 2.24) is 20.5 Å². The number of anilines is 1. The van der Waals surface area contributed by atoms with Crippen LogP contribution in [-0.4, -0.2) is 68.3 Å². The topological polar surface area (TPSA) is 65.0 Å². The van der Waals surface area contributed by atoms with Crippen LogP contribution in [0.2, 0.25) is 0 Å². The van der Waals surface area contributed by atoms with Crippen LogP contribution in [-0.2, 0) is 6.54 Å². The number of halogens is 1. The predicted octanol–water partition coefficient (Wildman–Crippen LogP) is 2.50. The smallest absolute Gasteiger partial charge is 0.191 e. The Labute approximate surface area is 184 Å². The van der Waals surface area contributed by atoms with Crippen LogP contribution in [0.4, 0.5) is 10.2 Å². The quantitative estimate of drug-likeness (QED) is 0.498. The van der Waals surface area contributed by atoms with E-state index in [2.05, 4.69) is 49.5 Å². The molecular formula is C23H33FN6O. The molecular weight excluding hydrogens is 395 g/mol. The van der Waals surface area contributed by atoms with Gasteiger partial charge in [0.2, 0.25) is 0 Å². The van der Waals surface area contributed by atoms with Gasteiger partial charge in [-0.3, -0.25) is 4.99 Å². The number of aromatic nitrogens is 1. The second-order valence-electron chi connectivity index (χ2n) is 7.64. The van der Waals surface area contributed by atoms with Gasteiger partial charge in [0.25, 0.3) is 0 Å². The summed E-state index contributed by atoms with van der Waals surface area (Å²) < 4.78 is 18.8. The summed E-state index contributed by atoms with van der Waals surface area (Å²) in [7, 11) is 1.73. The van der Waals surface area contributed by atoms with Crippen LogP contribution < -0.4 is 20.3 Å². The van der Waals surface area contributed by atoms with E-state index in [0.717, 1.165) is 44.1 Å². The molecule has 1 aromatic carbocycles. The van der Waals surface area contributed by atoms with E-state index in [0.29, 0.717) is 24.8 Å². The highest BCUT2D eigenvalue weighted by Crippen LogP contribution is 2.14. The number of piperazine rings is 1. The van der Waals surface area contributed by atoms with Gasteiger partial charge in [-0.05, 0) is 49.4 Å². The van der Waals surface area contributed by atoms with Gasteiger partial charge >= 0.3 is 0 Å². The van der Waals surface area contributed by atoms with E-state index < -0.39 is 0 Å². The lowest BCUT2D eigenvalue weighted by molar-refractivity contribution is 0.223. The lowest BCUT2D eigenvalue weighted by Gasteiger charge is -2.34. The van der Waals surface area contributed by atoms with Gasteiger partial charge in [-0.1, -0.05) is 13.0 Å². The predicted molar refractivity (Wildman–Crippen MR) is 123 cm³/mol. The molecule has 1 fully saturated rings. The number of ether oxygens (including phenoxy) is 1. The monoisotopic (exact) mass is 428 g/mol. The first-order valence-corrected chi connectivity index (χ1v) is 10.9. The van der Waals surface area contributed by atoms with Crippen LogP contribution in [0.15, 0.2) is 47.6 Å². The highest BCUT2D eigenvalue weighted by molar-refractivity contribution is 5.79. The molecule has 8 heteroatoms. The molecule has 1 aliphatic rings. The summed E-state index contributed by atoms with van der Waals surface area (Å²) in [6.45, 7) is 10.7. The molecule has 168 valence electrons. The number of hydrogen-bond donors (Lipinski definition) is 2. The van der Waals surface area contributed by atoms with Crippen molar-refractivity contribution in [3.05, 3.63) is 54.0 Å². The lowest BCUT2D eigenvalue weighted by Crippen LogP contribution is -2.46. The standard InChI is InChI=1S/C23H33FN6O/c1-4-29-11-13-30(14-12-29)22-10-5-19(16-26-22)17-28-23(25-3)27-15-18(2)31-21-8-6-20(24)7-9-21/h5-10,16,18H,4,11-15,17H2,1-3H3,(H2,25,27,28). The van der Waals surface area contributed by atoms with Gasteiger partial charge < -0.3 is 25.2 Å². The Bertz CT molecular complexity index is 819. The lowest BCUT2D eigenvalue weighted by atomic mass is 10.2. The maximum atomic E-state index is 13.0. The SMILES string of the molecule is CCN1CCN(c2ccc(CNC(=NC)NCC(C)Oc3ccc(F)cc3)cn2)CC1. The fourth-order valence-electron chi connectivity index (χ4n) is 3.44. The van der Waals surface area contributed by atoms with Crippen LogP contribution >= 0.6 is 0 Å². The number of hydrogen-bond acceptors (Lipinski definition) is 5. The molecule has 2 N–H and O–H groups in total. The number of pyridine rings is 1. The Morgan fingerprint density at radius 2 is 1.87 bits per heavy atom. The maximum Gasteiger partial charge on any atom is 0.191 e. The van der Waals surface area contributed by atoms with Crippen LogP contribution in [0.25, 0.3) is 0 Å². The summed E-state index contributed by atoms with van der Waals surface area (Å²) in [6, 6.07) is 10.2. The average molecular weight is 429 g/mol. The largest absolute Gasteiger partial charge is 0.489 e. The van der Waals surface area contributed by atoms with Crippen LogP contribution in [0.1, 0.15) is 19.4 Å². The third-order valence-electron chi connectivity index (χ3n) is 5.34. The van der Waals surface area contributed by atoms with Crippen molar-refractivity contribution in [3.8, 4) is 5.75 Å². The minimum Gasteiger partial charge on any atom is -0.489 e. The summed E-state index contributed by atoms with van der Waals surface area (Å²) in [4.78, 5) is 13.7. The van der Waals surface area contributed by atoms with Gasteiger partial charge in [0.1, 0.15) is 23.5 Å². The normalized spacial score (nSPS) is 16.1. The molecule has 0 aliphatic carbocycles. The van der Waals surface area contributed by atoms with E-state index in [4.69, 9.17) is 4.74 Å². The average Bonchev–Trinajstić information content (AvgIpc) is 2.81. The van der Waals surface area contributed by atoms with E-state index in [9.17, 15) is 4.39 Å². The summed E-state index contributed by atoms with van der Waals surface area (Å²) in [6.07, 6.45) is 1.82. The van der Waals surface area contributed by atoms with Gasteiger partial charge in [0, 0.05) is 46.0 Å². The molecule has 3 rings (SSSR count). The fraction of sp³-hybridized carbons (Fsp3) is 0.478. The molecule has 1 unspecified atom stereocenters. The maximum absolute atomic E-state index is 13.0. The second kappa shape index (κ2) is 11.5. The van der Waals surface area contributed by atoms with E-state index >= 15 is 0 Å². The number of benzene rings is 1. The zero-order chi connectivity index (χ0) is 22.1. The van der Waals surface area contributed by atoms with Gasteiger partial charge in [-0.2, -0.15) is 0 Å². The van der Waals surface area contributed by atoms with Crippen molar-refractivity contribution in [2.24, 2.45) is 4.99 Å². The zero-order valence-corrected chi connectivity index (χ0v) is 18.6. The summed E-state index contributed by atoms with van der Waals surface area (Å²) in [5.74, 6) is 2.09. The van der Waals surface area contributed by atoms with E-state index in [-0.39, 0.29) is 11.9 Å². The Balaban J connectivity index is 1.41. The first kappa shape index (κ1) is 22.8. The van der Waals surface area contributed by atoms with Crippen molar-refractivity contribution in [2.45, 2.75) is 26.5 Å². The number of guanidine groups is 1. The van der Waals surface area contributed by atoms with Crippen LogP contribution in [0.3, 0.4) is 0 Å². The molecule has 0 amide bonds. The third-order valence-corrected chi connectivity index (χ3v) is 5.34. The summed E-state index contributed by atoms with van der Waals surface area (Å²) in [5, 5.41) is 6.55. The fourth-order valence-corrected chi connectivity index (χ4v) is 3.44. The molecule has 0 radical (unpaired) electrons. The highest BCUT2D eigenvalue weighted by Gasteiger charge is 2.16. The van der Waals surface area contributed by atoms with Crippen molar-refractivity contribution in [1.29, 1.82) is 0 Å². The molecule has 0 spiro atoms. The third kappa shape index (κ3) is 7.10. The minimum absolute atomic E-state index is 0.0989.